The largest absolute Gasteiger partial charge is 0.461 e. The molecule has 0 bridgehead atoms. The molecule has 32 heavy (non-hydrogen) atoms. The molecular weight excluding hydrogens is 432 g/mol. The topological polar surface area (TPSA) is 119 Å². The van der Waals surface area contributed by atoms with E-state index in [1.165, 1.54) is 17.5 Å². The number of Topliss-reactive ketones (excluding diaryl/α,β-unsaturated/α-hetero) is 1. The Labute approximate surface area is 187 Å². The van der Waals surface area contributed by atoms with E-state index in [2.05, 4.69) is 15.6 Å². The Morgan fingerprint density at radius 3 is 2.69 bits per heavy atom. The molecule has 1 saturated carbocycles. The molecule has 4 rings (SSSR count). The highest BCUT2D eigenvalue weighted by Gasteiger charge is 2.28. The molecule has 0 unspecified atom stereocenters. The van der Waals surface area contributed by atoms with E-state index in [-0.39, 0.29) is 41.5 Å². The summed E-state index contributed by atoms with van der Waals surface area (Å²) in [6, 6.07) is 7.18. The van der Waals surface area contributed by atoms with Crippen LogP contribution in [0.2, 0.25) is 0 Å². The molecule has 0 radical (unpaired) electrons. The molecule has 0 atom stereocenters. The van der Waals surface area contributed by atoms with Gasteiger partial charge in [-0.15, -0.1) is 11.3 Å². The number of benzene rings is 1. The number of esters is 1. The van der Waals surface area contributed by atoms with Gasteiger partial charge in [-0.25, -0.2) is 9.78 Å². The molecule has 2 heterocycles. The van der Waals surface area contributed by atoms with Crippen molar-refractivity contribution in [2.24, 2.45) is 0 Å². The number of aryl methyl sites for hydroxylation is 1. The molecule has 9 nitrogen and oxygen atoms in total. The Balaban J connectivity index is 1.52. The highest BCUT2D eigenvalue weighted by atomic mass is 32.1. The SMILES string of the molecule is CCOC(=O)c1nc(NC(=O)Cn2cc(C(=O)C(=O)NC3CC3)c3ccccc32)sc1C. The summed E-state index contributed by atoms with van der Waals surface area (Å²) in [5, 5.41) is 6.28. The third-order valence-electron chi connectivity index (χ3n) is 4.98. The number of ether oxygens (including phenoxy) is 1. The Hall–Kier alpha value is -3.53. The van der Waals surface area contributed by atoms with Crippen molar-refractivity contribution in [2.75, 3.05) is 11.9 Å². The Morgan fingerprint density at radius 2 is 1.97 bits per heavy atom. The summed E-state index contributed by atoms with van der Waals surface area (Å²) in [4.78, 5) is 54.3. The van der Waals surface area contributed by atoms with Crippen LogP contribution in [0.15, 0.2) is 30.5 Å². The van der Waals surface area contributed by atoms with Gasteiger partial charge in [0.25, 0.3) is 11.7 Å². The molecule has 166 valence electrons. The molecule has 10 heteroatoms. The van der Waals surface area contributed by atoms with Gasteiger partial charge in [0.15, 0.2) is 10.8 Å². The average molecular weight is 455 g/mol. The van der Waals surface area contributed by atoms with Crippen molar-refractivity contribution < 1.29 is 23.9 Å². The van der Waals surface area contributed by atoms with E-state index in [0.717, 1.165) is 12.8 Å². The van der Waals surface area contributed by atoms with Gasteiger partial charge in [0.1, 0.15) is 6.54 Å². The number of amides is 2. The van der Waals surface area contributed by atoms with Gasteiger partial charge in [-0.1, -0.05) is 18.2 Å². The second-order valence-corrected chi connectivity index (χ2v) is 8.66. The molecule has 1 fully saturated rings. The molecule has 0 aliphatic heterocycles. The second kappa shape index (κ2) is 8.91. The van der Waals surface area contributed by atoms with Crippen molar-refractivity contribution in [1.82, 2.24) is 14.9 Å². The predicted molar refractivity (Wildman–Crippen MR) is 119 cm³/mol. The lowest BCUT2D eigenvalue weighted by Gasteiger charge is -2.05. The third-order valence-corrected chi connectivity index (χ3v) is 5.86. The number of carbonyl (C=O) groups excluding carboxylic acids is 4. The maximum atomic E-state index is 12.7. The van der Waals surface area contributed by atoms with Crippen molar-refractivity contribution in [3.05, 3.63) is 46.6 Å². The van der Waals surface area contributed by atoms with Crippen molar-refractivity contribution in [3.8, 4) is 0 Å². The van der Waals surface area contributed by atoms with E-state index in [1.54, 1.807) is 42.7 Å². The zero-order valence-electron chi connectivity index (χ0n) is 17.6. The Morgan fingerprint density at radius 1 is 1.22 bits per heavy atom. The van der Waals surface area contributed by atoms with Crippen LogP contribution in [-0.2, 0) is 20.9 Å². The molecule has 1 aliphatic carbocycles. The standard InChI is InChI=1S/C22H22N4O5S/c1-3-31-21(30)18-12(2)32-22(25-18)24-17(27)11-26-10-15(14-6-4-5-7-16(14)26)19(28)20(29)23-13-8-9-13/h4-7,10,13H,3,8-9,11H2,1-2H3,(H,23,29)(H,24,25,27). The quantitative estimate of drug-likeness (QED) is 0.307. The molecule has 2 aromatic heterocycles. The fraction of sp³-hybridized carbons (Fsp3) is 0.318. The lowest BCUT2D eigenvalue weighted by Crippen LogP contribution is -2.32. The van der Waals surface area contributed by atoms with E-state index in [4.69, 9.17) is 4.74 Å². The van der Waals surface area contributed by atoms with Gasteiger partial charge >= 0.3 is 5.97 Å². The first-order valence-electron chi connectivity index (χ1n) is 10.2. The van der Waals surface area contributed by atoms with Crippen molar-refractivity contribution in [2.45, 2.75) is 39.3 Å². The van der Waals surface area contributed by atoms with Crippen molar-refractivity contribution >= 4 is 50.9 Å². The number of carbonyl (C=O) groups is 4. The van der Waals surface area contributed by atoms with Crippen LogP contribution >= 0.6 is 11.3 Å². The maximum Gasteiger partial charge on any atom is 0.358 e. The zero-order valence-corrected chi connectivity index (χ0v) is 18.5. The number of thiazole rings is 1. The number of hydrogen-bond acceptors (Lipinski definition) is 7. The van der Waals surface area contributed by atoms with Crippen molar-refractivity contribution in [1.29, 1.82) is 0 Å². The summed E-state index contributed by atoms with van der Waals surface area (Å²) in [5.41, 5.74) is 1.09. The van der Waals surface area contributed by atoms with Crippen LogP contribution in [0.25, 0.3) is 10.9 Å². The first kappa shape index (κ1) is 21.7. The summed E-state index contributed by atoms with van der Waals surface area (Å²) in [7, 11) is 0. The number of hydrogen-bond donors (Lipinski definition) is 2. The number of anilines is 1. The molecule has 0 saturated heterocycles. The van der Waals surface area contributed by atoms with Crippen LogP contribution < -0.4 is 10.6 Å². The number of rotatable bonds is 8. The Kier molecular flexibility index (Phi) is 6.04. The highest BCUT2D eigenvalue weighted by molar-refractivity contribution is 7.16. The number of ketones is 1. The Bertz CT molecular complexity index is 1220. The first-order chi connectivity index (χ1) is 15.4. The number of aromatic nitrogens is 2. The minimum atomic E-state index is -0.635. The molecule has 2 N–H and O–H groups in total. The van der Waals surface area contributed by atoms with Crippen LogP contribution in [0.5, 0.6) is 0 Å². The predicted octanol–water partition coefficient (Wildman–Crippen LogP) is 2.68. The third kappa shape index (κ3) is 4.54. The van der Waals surface area contributed by atoms with Gasteiger partial charge in [-0.2, -0.15) is 0 Å². The monoisotopic (exact) mass is 454 g/mol. The van der Waals surface area contributed by atoms with E-state index in [9.17, 15) is 19.2 Å². The summed E-state index contributed by atoms with van der Waals surface area (Å²) < 4.78 is 6.59. The average Bonchev–Trinajstić information content (AvgIpc) is 3.40. The fourth-order valence-corrected chi connectivity index (χ4v) is 4.13. The lowest BCUT2D eigenvalue weighted by molar-refractivity contribution is -0.117. The van der Waals surface area contributed by atoms with E-state index in [0.29, 0.717) is 15.8 Å². The van der Waals surface area contributed by atoms with E-state index >= 15 is 0 Å². The highest BCUT2D eigenvalue weighted by Crippen LogP contribution is 2.25. The summed E-state index contributed by atoms with van der Waals surface area (Å²) in [6.07, 6.45) is 3.29. The number of fused-ring (bicyclic) bond motifs is 1. The van der Waals surface area contributed by atoms with E-state index in [1.807, 2.05) is 0 Å². The molecule has 3 aromatic rings. The van der Waals surface area contributed by atoms with Crippen molar-refractivity contribution in [3.63, 3.8) is 0 Å². The van der Waals surface area contributed by atoms with Gasteiger partial charge in [0.2, 0.25) is 5.91 Å². The smallest absolute Gasteiger partial charge is 0.358 e. The normalized spacial score (nSPS) is 13.1. The zero-order chi connectivity index (χ0) is 22.8. The van der Waals surface area contributed by atoms with Crippen LogP contribution in [0, 0.1) is 6.92 Å². The number of para-hydroxylation sites is 1. The maximum absolute atomic E-state index is 12.7. The van der Waals surface area contributed by atoms with Gasteiger partial charge in [0.05, 0.1) is 12.2 Å². The molecule has 1 aromatic carbocycles. The molecule has 1 aliphatic rings. The minimum absolute atomic E-state index is 0.0758. The molecule has 0 spiro atoms. The fourth-order valence-electron chi connectivity index (χ4n) is 3.31. The van der Waals surface area contributed by atoms with Crippen LogP contribution in [0.3, 0.4) is 0 Å². The first-order valence-corrected chi connectivity index (χ1v) is 11.1. The van der Waals surface area contributed by atoms with Gasteiger partial charge < -0.3 is 19.9 Å². The summed E-state index contributed by atoms with van der Waals surface area (Å²) >= 11 is 1.18. The van der Waals surface area contributed by atoms with Crippen LogP contribution in [-0.4, -0.2) is 45.8 Å². The van der Waals surface area contributed by atoms with Crippen LogP contribution in [0.4, 0.5) is 5.13 Å². The van der Waals surface area contributed by atoms with Gasteiger partial charge in [-0.3, -0.25) is 14.4 Å². The number of nitrogens with zero attached hydrogens (tertiary/aromatic N) is 2. The lowest BCUT2D eigenvalue weighted by atomic mass is 10.1. The summed E-state index contributed by atoms with van der Waals surface area (Å²) in [5.74, 6) is -2.17. The van der Waals surface area contributed by atoms with Gasteiger partial charge in [0, 0.05) is 28.0 Å². The molecular formula is C22H22N4O5S. The second-order valence-electron chi connectivity index (χ2n) is 7.46. The van der Waals surface area contributed by atoms with Gasteiger partial charge in [-0.05, 0) is 32.8 Å². The number of nitrogens with one attached hydrogen (secondary N) is 2. The summed E-state index contributed by atoms with van der Waals surface area (Å²) in [6.45, 7) is 3.57. The minimum Gasteiger partial charge on any atom is -0.461 e. The van der Waals surface area contributed by atoms with E-state index < -0.39 is 17.7 Å². The molecule has 2 amide bonds. The van der Waals surface area contributed by atoms with Crippen LogP contribution in [0.1, 0.15) is 45.5 Å².